The summed E-state index contributed by atoms with van der Waals surface area (Å²) in [6.07, 6.45) is 0. The van der Waals surface area contributed by atoms with Gasteiger partial charge in [-0.05, 0) is 41.1 Å². The van der Waals surface area contributed by atoms with Gasteiger partial charge in [-0.3, -0.25) is 0 Å². The molecule has 0 aliphatic carbocycles. The van der Waals surface area contributed by atoms with E-state index in [4.69, 9.17) is 23.2 Å². The molecule has 6 heteroatoms. The van der Waals surface area contributed by atoms with Crippen molar-refractivity contribution in [2.75, 3.05) is 5.32 Å². The van der Waals surface area contributed by atoms with Gasteiger partial charge >= 0.3 is 0 Å². The summed E-state index contributed by atoms with van der Waals surface area (Å²) in [5.74, 6) is 1.24. The van der Waals surface area contributed by atoms with Crippen molar-refractivity contribution >= 4 is 50.6 Å². The Bertz CT molecular complexity index is 540. The number of anilines is 2. The molecule has 0 saturated carbocycles. The fourth-order valence-corrected chi connectivity index (χ4v) is 2.07. The lowest BCUT2D eigenvalue weighted by atomic mass is 10.3. The van der Waals surface area contributed by atoms with Crippen molar-refractivity contribution in [3.63, 3.8) is 0 Å². The van der Waals surface area contributed by atoms with Crippen LogP contribution in [0.5, 0.6) is 0 Å². The number of rotatable bonds is 2. The largest absolute Gasteiger partial charge is 0.339 e. The minimum atomic E-state index is 0.401. The maximum atomic E-state index is 5.93. The summed E-state index contributed by atoms with van der Waals surface area (Å²) in [5.41, 5.74) is 0.826. The highest BCUT2D eigenvalue weighted by Gasteiger charge is 2.04. The smallest absolute Gasteiger partial charge is 0.135 e. The molecule has 0 saturated heterocycles. The van der Waals surface area contributed by atoms with Gasteiger partial charge in [0.1, 0.15) is 16.8 Å². The van der Waals surface area contributed by atoms with Crippen LogP contribution < -0.4 is 5.32 Å². The minimum absolute atomic E-state index is 0.401. The van der Waals surface area contributed by atoms with Gasteiger partial charge in [-0.25, -0.2) is 9.97 Å². The van der Waals surface area contributed by atoms with Crippen LogP contribution in [0.4, 0.5) is 11.5 Å². The third kappa shape index (κ3) is 3.31. The lowest BCUT2D eigenvalue weighted by molar-refractivity contribution is 1.06. The topological polar surface area (TPSA) is 37.8 Å². The van der Waals surface area contributed by atoms with E-state index in [0.29, 0.717) is 21.8 Å². The summed E-state index contributed by atoms with van der Waals surface area (Å²) >= 11 is 15.2. The molecule has 0 radical (unpaired) electrons. The van der Waals surface area contributed by atoms with Gasteiger partial charge < -0.3 is 5.32 Å². The fourth-order valence-electron chi connectivity index (χ4n) is 1.33. The molecule has 17 heavy (non-hydrogen) atoms. The second kappa shape index (κ2) is 5.21. The highest BCUT2D eigenvalue weighted by Crippen LogP contribution is 2.28. The first kappa shape index (κ1) is 12.6. The Morgan fingerprint density at radius 3 is 2.65 bits per heavy atom. The van der Waals surface area contributed by atoms with Crippen molar-refractivity contribution < 1.29 is 0 Å². The second-order valence-electron chi connectivity index (χ2n) is 3.37. The fraction of sp³-hybridized carbons (Fsp3) is 0.0909. The number of aryl methyl sites for hydroxylation is 1. The summed E-state index contributed by atoms with van der Waals surface area (Å²) in [5, 5.41) is 4.17. The van der Waals surface area contributed by atoms with Crippen LogP contribution in [0.25, 0.3) is 0 Å². The van der Waals surface area contributed by atoms with Gasteiger partial charge in [0.05, 0.1) is 5.69 Å². The molecule has 0 atom stereocenters. The normalized spacial score (nSPS) is 10.4. The molecule has 0 aliphatic heterocycles. The maximum Gasteiger partial charge on any atom is 0.135 e. The number of halogens is 3. The van der Waals surface area contributed by atoms with E-state index < -0.39 is 0 Å². The van der Waals surface area contributed by atoms with E-state index in [9.17, 15) is 0 Å². The molecule has 2 aromatic rings. The summed E-state index contributed by atoms with van der Waals surface area (Å²) in [6.45, 7) is 1.78. The Kier molecular flexibility index (Phi) is 3.86. The van der Waals surface area contributed by atoms with Crippen molar-refractivity contribution in [2.45, 2.75) is 6.92 Å². The molecule has 0 amide bonds. The van der Waals surface area contributed by atoms with E-state index in [1.54, 1.807) is 25.1 Å². The quantitative estimate of drug-likeness (QED) is 0.817. The monoisotopic (exact) mass is 331 g/mol. The summed E-state index contributed by atoms with van der Waals surface area (Å²) < 4.78 is 0.897. The van der Waals surface area contributed by atoms with Gasteiger partial charge in [0.2, 0.25) is 0 Å². The van der Waals surface area contributed by atoms with E-state index in [1.807, 2.05) is 6.07 Å². The number of nitrogens with one attached hydrogen (secondary N) is 1. The standard InChI is InChI=1S/C11H8BrCl2N3/c1-6-15-10(14)5-11(16-6)17-9-4-7(13)2-3-8(9)12/h2-5H,1H3,(H,15,16,17). The number of benzene rings is 1. The average molecular weight is 333 g/mol. The Labute approximate surface area is 117 Å². The van der Waals surface area contributed by atoms with Crippen LogP contribution in [0.15, 0.2) is 28.7 Å². The zero-order valence-electron chi connectivity index (χ0n) is 8.84. The molecule has 0 aliphatic rings. The average Bonchev–Trinajstić information content (AvgIpc) is 2.22. The lowest BCUT2D eigenvalue weighted by Crippen LogP contribution is -1.97. The highest BCUT2D eigenvalue weighted by atomic mass is 79.9. The number of hydrogen-bond donors (Lipinski definition) is 1. The first-order chi connectivity index (χ1) is 8.04. The molecule has 2 rings (SSSR count). The van der Waals surface area contributed by atoms with E-state index in [-0.39, 0.29) is 0 Å². The Morgan fingerprint density at radius 2 is 1.94 bits per heavy atom. The van der Waals surface area contributed by atoms with Crippen LogP contribution in [0, 0.1) is 6.92 Å². The van der Waals surface area contributed by atoms with Gasteiger partial charge in [-0.1, -0.05) is 23.2 Å². The van der Waals surface area contributed by atoms with Crippen LogP contribution in [-0.2, 0) is 0 Å². The van der Waals surface area contributed by atoms with E-state index >= 15 is 0 Å². The summed E-state index contributed by atoms with van der Waals surface area (Å²) in [4.78, 5) is 8.22. The first-order valence-corrected chi connectivity index (χ1v) is 6.33. The van der Waals surface area contributed by atoms with Crippen molar-refractivity contribution in [2.24, 2.45) is 0 Å². The van der Waals surface area contributed by atoms with Gasteiger partial charge in [-0.2, -0.15) is 0 Å². The Morgan fingerprint density at radius 1 is 1.18 bits per heavy atom. The molecule has 1 aromatic carbocycles. The van der Waals surface area contributed by atoms with E-state index in [1.165, 1.54) is 0 Å². The lowest BCUT2D eigenvalue weighted by Gasteiger charge is -2.08. The van der Waals surface area contributed by atoms with Crippen LogP contribution in [0.1, 0.15) is 5.82 Å². The molecular weight excluding hydrogens is 325 g/mol. The summed E-state index contributed by atoms with van der Waals surface area (Å²) in [6, 6.07) is 7.12. The molecule has 3 nitrogen and oxygen atoms in total. The van der Waals surface area contributed by atoms with Crippen LogP contribution >= 0.6 is 39.1 Å². The molecular formula is C11H8BrCl2N3. The second-order valence-corrected chi connectivity index (χ2v) is 5.05. The van der Waals surface area contributed by atoms with Gasteiger partial charge in [0.25, 0.3) is 0 Å². The molecule has 0 spiro atoms. The third-order valence-electron chi connectivity index (χ3n) is 2.00. The molecule has 1 aromatic heterocycles. The molecule has 88 valence electrons. The predicted molar refractivity (Wildman–Crippen MR) is 74.2 cm³/mol. The van der Waals surface area contributed by atoms with E-state index in [0.717, 1.165) is 10.2 Å². The molecule has 1 heterocycles. The minimum Gasteiger partial charge on any atom is -0.339 e. The Balaban J connectivity index is 2.34. The van der Waals surface area contributed by atoms with Crippen molar-refractivity contribution in [3.8, 4) is 0 Å². The van der Waals surface area contributed by atoms with Crippen LogP contribution in [0.2, 0.25) is 10.2 Å². The van der Waals surface area contributed by atoms with Gasteiger partial charge in [0.15, 0.2) is 0 Å². The van der Waals surface area contributed by atoms with Gasteiger partial charge in [0, 0.05) is 15.6 Å². The van der Waals surface area contributed by atoms with E-state index in [2.05, 4.69) is 31.2 Å². The van der Waals surface area contributed by atoms with Crippen LogP contribution in [-0.4, -0.2) is 9.97 Å². The maximum absolute atomic E-state index is 5.93. The number of hydrogen-bond acceptors (Lipinski definition) is 3. The third-order valence-corrected chi connectivity index (χ3v) is 3.12. The highest BCUT2D eigenvalue weighted by molar-refractivity contribution is 9.10. The SMILES string of the molecule is Cc1nc(Cl)cc(Nc2cc(Cl)ccc2Br)n1. The predicted octanol–water partition coefficient (Wildman–Crippen LogP) is 4.60. The summed E-state index contributed by atoms with van der Waals surface area (Å²) in [7, 11) is 0. The number of nitrogens with zero attached hydrogens (tertiary/aromatic N) is 2. The van der Waals surface area contributed by atoms with Crippen molar-refractivity contribution in [1.29, 1.82) is 0 Å². The Hall–Kier alpha value is -0.840. The van der Waals surface area contributed by atoms with Crippen LogP contribution in [0.3, 0.4) is 0 Å². The zero-order chi connectivity index (χ0) is 12.4. The van der Waals surface area contributed by atoms with Crippen molar-refractivity contribution in [3.05, 3.63) is 44.7 Å². The molecule has 0 bridgehead atoms. The first-order valence-electron chi connectivity index (χ1n) is 4.78. The molecule has 0 unspecified atom stereocenters. The van der Waals surface area contributed by atoms with Crippen molar-refractivity contribution in [1.82, 2.24) is 9.97 Å². The molecule has 0 fully saturated rings. The molecule has 1 N–H and O–H groups in total. The number of aromatic nitrogens is 2. The van der Waals surface area contributed by atoms with Gasteiger partial charge in [-0.15, -0.1) is 0 Å². The zero-order valence-corrected chi connectivity index (χ0v) is 11.9.